The van der Waals surface area contributed by atoms with E-state index in [2.05, 4.69) is 65.7 Å². The van der Waals surface area contributed by atoms with Gasteiger partial charge in [-0.25, -0.2) is 0 Å². The smallest absolute Gasteiger partial charge is 0.191 e. The Labute approximate surface area is 141 Å². The lowest BCUT2D eigenvalue weighted by Gasteiger charge is -2.23. The predicted molar refractivity (Wildman–Crippen MR) is 97.7 cm³/mol. The van der Waals surface area contributed by atoms with Crippen LogP contribution in [0.15, 0.2) is 29.3 Å². The van der Waals surface area contributed by atoms with E-state index in [0.717, 1.165) is 32.2 Å². The number of ether oxygens (including phenoxy) is 1. The van der Waals surface area contributed by atoms with Gasteiger partial charge in [-0.3, -0.25) is 9.89 Å². The van der Waals surface area contributed by atoms with Gasteiger partial charge in [-0.2, -0.15) is 0 Å². The third-order valence-electron chi connectivity index (χ3n) is 3.83. The fourth-order valence-corrected chi connectivity index (χ4v) is 2.12. The first-order chi connectivity index (χ1) is 11.1. The zero-order valence-corrected chi connectivity index (χ0v) is 15.2. The summed E-state index contributed by atoms with van der Waals surface area (Å²) in [4.78, 5) is 6.59. The van der Waals surface area contributed by atoms with E-state index >= 15 is 0 Å². The van der Waals surface area contributed by atoms with Gasteiger partial charge in [-0.05, 0) is 38.9 Å². The zero-order valence-electron chi connectivity index (χ0n) is 15.2. The van der Waals surface area contributed by atoms with Crippen LogP contribution < -0.4 is 10.6 Å². The molecule has 0 atom stereocenters. The molecular formula is C18H32N4O. The summed E-state index contributed by atoms with van der Waals surface area (Å²) in [7, 11) is 3.94. The summed E-state index contributed by atoms with van der Waals surface area (Å²) in [6.07, 6.45) is 0. The van der Waals surface area contributed by atoms with E-state index in [4.69, 9.17) is 4.74 Å². The second-order valence-electron chi connectivity index (χ2n) is 5.83. The van der Waals surface area contributed by atoms with Gasteiger partial charge < -0.3 is 15.4 Å². The van der Waals surface area contributed by atoms with Crippen LogP contribution in [-0.4, -0.2) is 50.8 Å². The van der Waals surface area contributed by atoms with Gasteiger partial charge in [0.15, 0.2) is 5.96 Å². The van der Waals surface area contributed by atoms with Crippen molar-refractivity contribution >= 4 is 5.96 Å². The van der Waals surface area contributed by atoms with Gasteiger partial charge in [0.05, 0.1) is 6.61 Å². The van der Waals surface area contributed by atoms with E-state index in [1.807, 2.05) is 6.92 Å². The Morgan fingerprint density at radius 3 is 2.52 bits per heavy atom. The summed E-state index contributed by atoms with van der Waals surface area (Å²) in [6, 6.07) is 9.08. The summed E-state index contributed by atoms with van der Waals surface area (Å²) in [5.74, 6) is 0.803. The SMILES string of the molecule is CCOCCNC(=NC)NCc1ccccc1CN(C)C(C)C. The number of nitrogens with zero attached hydrogens (tertiary/aromatic N) is 2. The molecule has 5 nitrogen and oxygen atoms in total. The summed E-state index contributed by atoms with van der Waals surface area (Å²) in [5, 5.41) is 6.63. The minimum absolute atomic E-state index is 0.531. The largest absolute Gasteiger partial charge is 0.380 e. The molecule has 0 saturated heterocycles. The maximum Gasteiger partial charge on any atom is 0.191 e. The first-order valence-corrected chi connectivity index (χ1v) is 8.37. The zero-order chi connectivity index (χ0) is 17.1. The van der Waals surface area contributed by atoms with E-state index < -0.39 is 0 Å². The highest BCUT2D eigenvalue weighted by Gasteiger charge is 2.08. The fraction of sp³-hybridized carbons (Fsp3) is 0.611. The molecular weight excluding hydrogens is 288 g/mol. The molecule has 0 saturated carbocycles. The van der Waals surface area contributed by atoms with E-state index in [9.17, 15) is 0 Å². The Bertz CT molecular complexity index is 474. The molecule has 0 fully saturated rings. The van der Waals surface area contributed by atoms with E-state index in [1.54, 1.807) is 7.05 Å². The summed E-state index contributed by atoms with van der Waals surface area (Å²) >= 11 is 0. The lowest BCUT2D eigenvalue weighted by molar-refractivity contribution is 0.152. The first-order valence-electron chi connectivity index (χ1n) is 8.37. The van der Waals surface area contributed by atoms with Crippen molar-refractivity contribution in [2.45, 2.75) is 39.9 Å². The maximum absolute atomic E-state index is 5.33. The van der Waals surface area contributed by atoms with Crippen molar-refractivity contribution in [1.29, 1.82) is 0 Å². The van der Waals surface area contributed by atoms with Crippen molar-refractivity contribution in [2.24, 2.45) is 4.99 Å². The molecule has 1 aromatic rings. The molecule has 2 N–H and O–H groups in total. The molecule has 0 amide bonds. The Kier molecular flexibility index (Phi) is 9.33. The predicted octanol–water partition coefficient (Wildman–Crippen LogP) is 2.23. The van der Waals surface area contributed by atoms with Crippen LogP contribution in [-0.2, 0) is 17.8 Å². The lowest BCUT2D eigenvalue weighted by Crippen LogP contribution is -2.38. The average molecular weight is 320 g/mol. The van der Waals surface area contributed by atoms with Crippen LogP contribution >= 0.6 is 0 Å². The first kappa shape index (κ1) is 19.5. The molecule has 0 bridgehead atoms. The molecule has 0 radical (unpaired) electrons. The van der Waals surface area contributed by atoms with Gasteiger partial charge in [0.25, 0.3) is 0 Å². The van der Waals surface area contributed by atoms with Crippen LogP contribution in [0.4, 0.5) is 0 Å². The molecule has 130 valence electrons. The summed E-state index contributed by atoms with van der Waals surface area (Å²) in [5.41, 5.74) is 2.65. The van der Waals surface area contributed by atoms with Crippen molar-refractivity contribution in [3.8, 4) is 0 Å². The lowest BCUT2D eigenvalue weighted by atomic mass is 10.1. The number of benzene rings is 1. The van der Waals surface area contributed by atoms with E-state index in [-0.39, 0.29) is 0 Å². The number of rotatable bonds is 9. The third-order valence-corrected chi connectivity index (χ3v) is 3.83. The van der Waals surface area contributed by atoms with Gasteiger partial charge in [0, 0.05) is 39.3 Å². The molecule has 23 heavy (non-hydrogen) atoms. The number of guanidine groups is 1. The quantitative estimate of drug-likeness (QED) is 0.416. The van der Waals surface area contributed by atoms with Crippen LogP contribution in [0.25, 0.3) is 0 Å². The van der Waals surface area contributed by atoms with Crippen LogP contribution in [0.5, 0.6) is 0 Å². The Balaban J connectivity index is 2.56. The highest BCUT2D eigenvalue weighted by molar-refractivity contribution is 5.79. The van der Waals surface area contributed by atoms with Gasteiger partial charge in [0.1, 0.15) is 0 Å². The van der Waals surface area contributed by atoms with Crippen LogP contribution in [0.1, 0.15) is 31.9 Å². The monoisotopic (exact) mass is 320 g/mol. The Morgan fingerprint density at radius 1 is 1.22 bits per heavy atom. The van der Waals surface area contributed by atoms with Crippen molar-refractivity contribution in [3.63, 3.8) is 0 Å². The van der Waals surface area contributed by atoms with Crippen LogP contribution in [0, 0.1) is 0 Å². The molecule has 0 aliphatic heterocycles. The molecule has 0 aromatic heterocycles. The molecule has 5 heteroatoms. The number of hydrogen-bond acceptors (Lipinski definition) is 3. The van der Waals surface area contributed by atoms with Gasteiger partial charge in [-0.1, -0.05) is 24.3 Å². The van der Waals surface area contributed by atoms with Gasteiger partial charge >= 0.3 is 0 Å². The van der Waals surface area contributed by atoms with Crippen LogP contribution in [0.3, 0.4) is 0 Å². The van der Waals surface area contributed by atoms with Crippen LogP contribution in [0.2, 0.25) is 0 Å². The fourth-order valence-electron chi connectivity index (χ4n) is 2.12. The van der Waals surface area contributed by atoms with Gasteiger partial charge in [0.2, 0.25) is 0 Å². The normalized spacial score (nSPS) is 12.0. The van der Waals surface area contributed by atoms with Crippen molar-refractivity contribution < 1.29 is 4.74 Å². The number of hydrogen-bond donors (Lipinski definition) is 2. The van der Waals surface area contributed by atoms with Crippen molar-refractivity contribution in [1.82, 2.24) is 15.5 Å². The number of aliphatic imine (C=N–C) groups is 1. The van der Waals surface area contributed by atoms with Crippen molar-refractivity contribution in [2.75, 3.05) is 33.9 Å². The Hall–Kier alpha value is -1.59. The summed E-state index contributed by atoms with van der Waals surface area (Å²) in [6.45, 7) is 10.3. The maximum atomic E-state index is 5.33. The molecule has 0 aliphatic rings. The molecule has 0 unspecified atom stereocenters. The second kappa shape index (κ2) is 11.0. The topological polar surface area (TPSA) is 48.9 Å². The third kappa shape index (κ3) is 7.48. The highest BCUT2D eigenvalue weighted by Crippen LogP contribution is 2.12. The average Bonchev–Trinajstić information content (AvgIpc) is 2.55. The highest BCUT2D eigenvalue weighted by atomic mass is 16.5. The van der Waals surface area contributed by atoms with E-state index in [1.165, 1.54) is 11.1 Å². The molecule has 0 aliphatic carbocycles. The summed E-state index contributed by atoms with van der Waals surface area (Å²) < 4.78 is 5.33. The van der Waals surface area contributed by atoms with Crippen molar-refractivity contribution in [3.05, 3.63) is 35.4 Å². The standard InChI is InChI=1S/C18H32N4O/c1-6-23-12-11-20-18(19-4)21-13-16-9-7-8-10-17(16)14-22(5)15(2)3/h7-10,15H,6,11-14H2,1-5H3,(H2,19,20,21). The van der Waals surface area contributed by atoms with E-state index in [0.29, 0.717) is 12.6 Å². The molecule has 0 spiro atoms. The Morgan fingerprint density at radius 2 is 1.91 bits per heavy atom. The molecule has 1 rings (SSSR count). The van der Waals surface area contributed by atoms with Gasteiger partial charge in [-0.15, -0.1) is 0 Å². The molecule has 0 heterocycles. The molecule has 1 aromatic carbocycles. The number of nitrogens with one attached hydrogen (secondary N) is 2. The minimum Gasteiger partial charge on any atom is -0.380 e. The minimum atomic E-state index is 0.531. The second-order valence-corrected chi connectivity index (χ2v) is 5.83.